The van der Waals surface area contributed by atoms with Crippen molar-refractivity contribution in [2.75, 3.05) is 11.9 Å². The standard InChI is InChI=1S/C19H16N2O3S/c1-2-24-18(23)19(13-11-20-14-8-4-3-7-12(13)14)17(22)21-15-9-5-6-10-16(15)25-19/h3-11,20H,2H2,1H3,(H,21,22). The maximum absolute atomic E-state index is 13.1. The van der Waals surface area contributed by atoms with Crippen LogP contribution >= 0.6 is 11.8 Å². The van der Waals surface area contributed by atoms with Crippen molar-refractivity contribution in [2.45, 2.75) is 16.6 Å². The molecule has 2 aromatic carbocycles. The lowest BCUT2D eigenvalue weighted by atomic mass is 9.95. The summed E-state index contributed by atoms with van der Waals surface area (Å²) in [4.78, 5) is 30.0. The van der Waals surface area contributed by atoms with E-state index < -0.39 is 10.7 Å². The summed E-state index contributed by atoms with van der Waals surface area (Å²) >= 11 is 1.23. The molecule has 0 fully saturated rings. The van der Waals surface area contributed by atoms with Crippen LogP contribution in [0.4, 0.5) is 5.69 Å². The van der Waals surface area contributed by atoms with Gasteiger partial charge in [-0.3, -0.25) is 4.79 Å². The van der Waals surface area contributed by atoms with Crippen LogP contribution in [0.2, 0.25) is 0 Å². The predicted octanol–water partition coefficient (Wildman–Crippen LogP) is 3.67. The second-order valence-corrected chi connectivity index (χ2v) is 6.96. The molecule has 1 amide bonds. The summed E-state index contributed by atoms with van der Waals surface area (Å²) in [5, 5.41) is 3.70. The van der Waals surface area contributed by atoms with Gasteiger partial charge in [0.1, 0.15) is 0 Å². The third kappa shape index (κ3) is 2.33. The summed E-state index contributed by atoms with van der Waals surface area (Å²) in [6.45, 7) is 1.94. The number of carbonyl (C=O) groups is 2. The maximum Gasteiger partial charge on any atom is 0.337 e. The van der Waals surface area contributed by atoms with Crippen molar-refractivity contribution in [3.63, 3.8) is 0 Å². The number of esters is 1. The molecule has 5 nitrogen and oxygen atoms in total. The summed E-state index contributed by atoms with van der Waals surface area (Å²) in [6.07, 6.45) is 1.72. The van der Waals surface area contributed by atoms with Crippen molar-refractivity contribution in [1.29, 1.82) is 0 Å². The molecule has 1 unspecified atom stereocenters. The molecule has 1 aliphatic heterocycles. The number of hydrogen-bond acceptors (Lipinski definition) is 4. The molecule has 0 bridgehead atoms. The second-order valence-electron chi connectivity index (χ2n) is 5.70. The fraction of sp³-hybridized carbons (Fsp3) is 0.158. The highest BCUT2D eigenvalue weighted by Crippen LogP contribution is 2.50. The lowest BCUT2D eigenvalue weighted by Crippen LogP contribution is -2.47. The van der Waals surface area contributed by atoms with Crippen LogP contribution in [0, 0.1) is 0 Å². The Hall–Kier alpha value is -2.73. The van der Waals surface area contributed by atoms with Gasteiger partial charge >= 0.3 is 5.97 Å². The third-order valence-corrected chi connectivity index (χ3v) is 5.70. The van der Waals surface area contributed by atoms with Gasteiger partial charge in [0.2, 0.25) is 4.75 Å². The van der Waals surface area contributed by atoms with Crippen molar-refractivity contribution < 1.29 is 14.3 Å². The Morgan fingerprint density at radius 3 is 2.76 bits per heavy atom. The first-order valence-electron chi connectivity index (χ1n) is 8.00. The molecule has 126 valence electrons. The minimum atomic E-state index is -1.48. The molecule has 2 heterocycles. The highest BCUT2D eigenvalue weighted by atomic mass is 32.2. The summed E-state index contributed by atoms with van der Waals surface area (Å²) in [5.41, 5.74) is 2.18. The molecule has 0 saturated heterocycles. The predicted molar refractivity (Wildman–Crippen MR) is 97.5 cm³/mol. The summed E-state index contributed by atoms with van der Waals surface area (Å²) in [5.74, 6) is -0.948. The maximum atomic E-state index is 13.1. The van der Waals surface area contributed by atoms with E-state index in [1.807, 2.05) is 48.5 Å². The number of benzene rings is 2. The number of amides is 1. The van der Waals surface area contributed by atoms with E-state index in [0.717, 1.165) is 15.8 Å². The molecule has 0 aliphatic carbocycles. The Balaban J connectivity index is 1.95. The number of carbonyl (C=O) groups excluding carboxylic acids is 2. The van der Waals surface area contributed by atoms with Crippen LogP contribution in [-0.4, -0.2) is 23.5 Å². The van der Waals surface area contributed by atoms with Crippen LogP contribution in [0.15, 0.2) is 59.6 Å². The highest BCUT2D eigenvalue weighted by molar-refractivity contribution is 8.02. The molecule has 1 aliphatic rings. The molecule has 1 atom stereocenters. The van der Waals surface area contributed by atoms with E-state index in [-0.39, 0.29) is 12.5 Å². The van der Waals surface area contributed by atoms with Gasteiger partial charge in [0.15, 0.2) is 0 Å². The van der Waals surface area contributed by atoms with E-state index >= 15 is 0 Å². The van der Waals surface area contributed by atoms with Crippen LogP contribution in [0.1, 0.15) is 12.5 Å². The van der Waals surface area contributed by atoms with Crippen LogP contribution in [0.25, 0.3) is 10.9 Å². The van der Waals surface area contributed by atoms with E-state index in [0.29, 0.717) is 11.3 Å². The fourth-order valence-corrected chi connectivity index (χ4v) is 4.37. The second kappa shape index (κ2) is 5.97. The number of nitrogens with one attached hydrogen (secondary N) is 2. The Labute approximate surface area is 148 Å². The van der Waals surface area contributed by atoms with Gasteiger partial charge in [0, 0.05) is 27.6 Å². The SMILES string of the molecule is CCOC(=O)C1(c2c[nH]c3ccccc23)Sc2ccccc2NC1=O. The van der Waals surface area contributed by atoms with E-state index in [1.54, 1.807) is 13.1 Å². The Bertz CT molecular complexity index is 981. The first-order valence-corrected chi connectivity index (χ1v) is 8.81. The topological polar surface area (TPSA) is 71.2 Å². The van der Waals surface area contributed by atoms with Crippen molar-refractivity contribution in [2.24, 2.45) is 0 Å². The number of ether oxygens (including phenoxy) is 1. The van der Waals surface area contributed by atoms with Gasteiger partial charge in [-0.2, -0.15) is 0 Å². The van der Waals surface area contributed by atoms with Gasteiger partial charge in [-0.1, -0.05) is 42.1 Å². The number of aromatic nitrogens is 1. The minimum Gasteiger partial charge on any atom is -0.464 e. The van der Waals surface area contributed by atoms with Crippen molar-refractivity contribution in [3.8, 4) is 0 Å². The summed E-state index contributed by atoms with van der Waals surface area (Å²) in [6, 6.07) is 15.1. The molecule has 4 rings (SSSR count). The number of rotatable bonds is 3. The molecular formula is C19H16N2O3S. The van der Waals surface area contributed by atoms with Gasteiger partial charge < -0.3 is 15.0 Å². The first-order chi connectivity index (χ1) is 12.2. The smallest absolute Gasteiger partial charge is 0.337 e. The first kappa shape index (κ1) is 15.8. The van der Waals surface area contributed by atoms with Crippen LogP contribution in [0.3, 0.4) is 0 Å². The van der Waals surface area contributed by atoms with Gasteiger partial charge in [-0.15, -0.1) is 0 Å². The minimum absolute atomic E-state index is 0.207. The largest absolute Gasteiger partial charge is 0.464 e. The normalized spacial score (nSPS) is 19.3. The monoisotopic (exact) mass is 352 g/mol. The lowest BCUT2D eigenvalue weighted by Gasteiger charge is -2.34. The van der Waals surface area contributed by atoms with Gasteiger partial charge in [-0.25, -0.2) is 4.79 Å². The fourth-order valence-electron chi connectivity index (χ4n) is 3.10. The molecular weight excluding hydrogens is 336 g/mol. The molecule has 1 aromatic heterocycles. The number of fused-ring (bicyclic) bond motifs is 2. The molecule has 2 N–H and O–H groups in total. The average molecular weight is 352 g/mol. The summed E-state index contributed by atoms with van der Waals surface area (Å²) in [7, 11) is 0. The number of anilines is 1. The van der Waals surface area contributed by atoms with E-state index in [9.17, 15) is 9.59 Å². The van der Waals surface area contributed by atoms with Crippen LogP contribution in [0.5, 0.6) is 0 Å². The average Bonchev–Trinajstić information content (AvgIpc) is 3.06. The zero-order valence-corrected chi connectivity index (χ0v) is 14.4. The lowest BCUT2D eigenvalue weighted by molar-refractivity contribution is -0.149. The zero-order valence-electron chi connectivity index (χ0n) is 13.5. The molecule has 3 aromatic rings. The van der Waals surface area contributed by atoms with Crippen LogP contribution in [-0.2, 0) is 19.1 Å². The number of hydrogen-bond donors (Lipinski definition) is 2. The third-order valence-electron chi connectivity index (χ3n) is 4.25. The number of thioether (sulfide) groups is 1. The Morgan fingerprint density at radius 1 is 1.16 bits per heavy atom. The molecule has 0 radical (unpaired) electrons. The van der Waals surface area contributed by atoms with E-state index in [2.05, 4.69) is 10.3 Å². The van der Waals surface area contributed by atoms with Gasteiger partial charge in [-0.05, 0) is 25.1 Å². The molecule has 0 spiro atoms. The van der Waals surface area contributed by atoms with Crippen molar-refractivity contribution >= 4 is 40.2 Å². The number of H-pyrrole nitrogens is 1. The van der Waals surface area contributed by atoms with E-state index in [4.69, 9.17) is 4.74 Å². The molecule has 25 heavy (non-hydrogen) atoms. The number of aromatic amines is 1. The molecule has 6 heteroatoms. The highest BCUT2D eigenvalue weighted by Gasteiger charge is 2.54. The zero-order chi connectivity index (χ0) is 17.4. The van der Waals surface area contributed by atoms with Crippen LogP contribution < -0.4 is 5.32 Å². The number of para-hydroxylation sites is 2. The van der Waals surface area contributed by atoms with Gasteiger partial charge in [0.05, 0.1) is 12.3 Å². The molecule has 0 saturated carbocycles. The van der Waals surface area contributed by atoms with Gasteiger partial charge in [0.25, 0.3) is 5.91 Å². The van der Waals surface area contributed by atoms with Crippen molar-refractivity contribution in [1.82, 2.24) is 4.98 Å². The Morgan fingerprint density at radius 2 is 1.92 bits per heavy atom. The Kier molecular flexibility index (Phi) is 3.77. The summed E-state index contributed by atoms with van der Waals surface area (Å²) < 4.78 is 3.83. The van der Waals surface area contributed by atoms with Crippen molar-refractivity contribution in [3.05, 3.63) is 60.3 Å². The quantitative estimate of drug-likeness (QED) is 0.557. The van der Waals surface area contributed by atoms with E-state index in [1.165, 1.54) is 11.8 Å².